The van der Waals surface area contributed by atoms with Crippen LogP contribution in [0.3, 0.4) is 0 Å². The Labute approximate surface area is 240 Å². The maximum absolute atomic E-state index is 12.4. The van der Waals surface area contributed by atoms with E-state index in [1.807, 2.05) is 13.8 Å². The highest BCUT2D eigenvalue weighted by Crippen LogP contribution is 2.48. The molecule has 230 valence electrons. The van der Waals surface area contributed by atoms with E-state index in [0.717, 1.165) is 12.8 Å². The van der Waals surface area contributed by atoms with Crippen LogP contribution in [0.25, 0.3) is 0 Å². The van der Waals surface area contributed by atoms with E-state index in [4.69, 9.17) is 9.05 Å². The molecule has 0 unspecified atom stereocenters. The molecule has 0 radical (unpaired) electrons. The first-order valence-electron chi connectivity index (χ1n) is 17.6. The molecule has 0 aliphatic rings. The van der Waals surface area contributed by atoms with Gasteiger partial charge in [-0.25, -0.2) is 0 Å². The van der Waals surface area contributed by atoms with Crippen molar-refractivity contribution in [1.29, 1.82) is 0 Å². The number of hydrogen-bond acceptors (Lipinski definition) is 3. The minimum absolute atomic E-state index is 0.469. The van der Waals surface area contributed by atoms with Gasteiger partial charge in [-0.05, 0) is 20.3 Å². The molecule has 0 aromatic rings. The zero-order chi connectivity index (χ0) is 27.8. The van der Waals surface area contributed by atoms with Gasteiger partial charge in [0.1, 0.15) is 0 Å². The van der Waals surface area contributed by atoms with Gasteiger partial charge in [-0.1, -0.05) is 180 Å². The molecule has 0 aliphatic carbocycles. The maximum atomic E-state index is 12.4. The van der Waals surface area contributed by atoms with Crippen LogP contribution in [-0.2, 0) is 13.6 Å². The van der Waals surface area contributed by atoms with Crippen LogP contribution in [0.1, 0.15) is 201 Å². The van der Waals surface area contributed by atoms with Gasteiger partial charge in [0.15, 0.2) is 0 Å². The third-order valence-corrected chi connectivity index (χ3v) is 10.1. The summed E-state index contributed by atoms with van der Waals surface area (Å²) in [4.78, 5) is 0. The Morgan fingerprint density at radius 2 is 0.553 bits per heavy atom. The van der Waals surface area contributed by atoms with E-state index in [1.165, 1.54) is 167 Å². The first kappa shape index (κ1) is 38.1. The molecule has 0 amide bonds. The molecule has 0 spiro atoms. The number of rotatable bonds is 33. The molecule has 0 bridgehead atoms. The van der Waals surface area contributed by atoms with Gasteiger partial charge in [-0.2, -0.15) is 0 Å². The van der Waals surface area contributed by atoms with Gasteiger partial charge >= 0.3 is 7.60 Å². The summed E-state index contributed by atoms with van der Waals surface area (Å²) in [6.45, 7) is 7.00. The molecule has 0 saturated heterocycles. The fraction of sp³-hybridized carbons (Fsp3) is 1.00. The molecule has 0 N–H and O–H groups in total. The Hall–Kier alpha value is 0.150. The molecule has 0 atom stereocenters. The van der Waals surface area contributed by atoms with E-state index in [0.29, 0.717) is 19.4 Å². The Morgan fingerprint density at radius 1 is 0.342 bits per heavy atom. The zero-order valence-electron chi connectivity index (χ0n) is 26.6. The van der Waals surface area contributed by atoms with Gasteiger partial charge in [0.05, 0.1) is 19.4 Å². The normalized spacial score (nSPS) is 12.0. The molecule has 0 aromatic carbocycles. The summed E-state index contributed by atoms with van der Waals surface area (Å²) >= 11 is 0. The summed E-state index contributed by atoms with van der Waals surface area (Å²) in [5, 5.41) is 0. The van der Waals surface area contributed by atoms with E-state index >= 15 is 0 Å². The van der Waals surface area contributed by atoms with Crippen LogP contribution in [0.5, 0.6) is 0 Å². The predicted octanol–water partition coefficient (Wildman–Crippen LogP) is 13.2. The first-order valence-corrected chi connectivity index (χ1v) is 19.3. The SMILES string of the molecule is CCCCCCCCCCCCCCCCCCCCCCCCCCCCCCP(=O)(OCC)OCC. The molecule has 0 rings (SSSR count). The fourth-order valence-corrected chi connectivity index (χ4v) is 7.27. The van der Waals surface area contributed by atoms with Gasteiger partial charge in [0.2, 0.25) is 0 Å². The van der Waals surface area contributed by atoms with Crippen molar-refractivity contribution in [3.05, 3.63) is 0 Å². The molecule has 4 heteroatoms. The van der Waals surface area contributed by atoms with Crippen molar-refractivity contribution < 1.29 is 13.6 Å². The average molecular weight is 559 g/mol. The van der Waals surface area contributed by atoms with Crippen molar-refractivity contribution >= 4 is 7.60 Å². The smallest absolute Gasteiger partial charge is 0.309 e. The van der Waals surface area contributed by atoms with Crippen molar-refractivity contribution in [3.8, 4) is 0 Å². The highest BCUT2D eigenvalue weighted by Gasteiger charge is 2.22. The van der Waals surface area contributed by atoms with E-state index in [-0.39, 0.29) is 0 Å². The van der Waals surface area contributed by atoms with Crippen molar-refractivity contribution in [2.45, 2.75) is 201 Å². The van der Waals surface area contributed by atoms with Crippen molar-refractivity contribution in [2.24, 2.45) is 0 Å². The van der Waals surface area contributed by atoms with Gasteiger partial charge in [-0.3, -0.25) is 4.57 Å². The van der Waals surface area contributed by atoms with Crippen LogP contribution < -0.4 is 0 Å². The lowest BCUT2D eigenvalue weighted by Crippen LogP contribution is -2.00. The van der Waals surface area contributed by atoms with Gasteiger partial charge < -0.3 is 9.05 Å². The maximum Gasteiger partial charge on any atom is 0.330 e. The Morgan fingerprint density at radius 3 is 0.763 bits per heavy atom. The van der Waals surface area contributed by atoms with Gasteiger partial charge in [-0.15, -0.1) is 0 Å². The lowest BCUT2D eigenvalue weighted by Gasteiger charge is -2.16. The van der Waals surface area contributed by atoms with Crippen molar-refractivity contribution in [1.82, 2.24) is 0 Å². The Bertz CT molecular complexity index is 472. The standard InChI is InChI=1S/C34H71O3P/c1-4-7-8-9-10-11-12-13-14-15-16-17-18-19-20-21-22-23-24-25-26-27-28-29-30-31-32-33-34-38(35,36-5-2)37-6-3/h4-34H2,1-3H3. The highest BCUT2D eigenvalue weighted by atomic mass is 31.2. The van der Waals surface area contributed by atoms with Crippen LogP contribution in [0, 0.1) is 0 Å². The molecule has 0 aromatic heterocycles. The number of hydrogen-bond donors (Lipinski definition) is 0. The summed E-state index contributed by atoms with van der Waals surface area (Å²) in [5.41, 5.74) is 0. The van der Waals surface area contributed by atoms with E-state index < -0.39 is 7.60 Å². The topological polar surface area (TPSA) is 35.5 Å². The Balaban J connectivity index is 3.16. The van der Waals surface area contributed by atoms with E-state index in [1.54, 1.807) is 0 Å². The molecule has 0 aliphatic heterocycles. The second-order valence-corrected chi connectivity index (χ2v) is 13.9. The van der Waals surface area contributed by atoms with E-state index in [2.05, 4.69) is 6.92 Å². The first-order chi connectivity index (χ1) is 18.7. The van der Waals surface area contributed by atoms with Crippen LogP contribution in [-0.4, -0.2) is 19.4 Å². The monoisotopic (exact) mass is 559 g/mol. The Kier molecular flexibility index (Phi) is 31.8. The largest absolute Gasteiger partial charge is 0.330 e. The second-order valence-electron chi connectivity index (χ2n) is 11.7. The molecular formula is C34H71O3P. The summed E-state index contributed by atoms with van der Waals surface area (Å²) in [7, 11) is -2.82. The molecule has 0 fully saturated rings. The summed E-state index contributed by atoms with van der Waals surface area (Å²) in [5.74, 6) is 0. The summed E-state index contributed by atoms with van der Waals surface area (Å²) in [6, 6.07) is 0. The highest BCUT2D eigenvalue weighted by molar-refractivity contribution is 7.53. The quantitative estimate of drug-likeness (QED) is 0.0593. The molecular weight excluding hydrogens is 487 g/mol. The zero-order valence-corrected chi connectivity index (χ0v) is 27.5. The van der Waals surface area contributed by atoms with Crippen LogP contribution in [0.15, 0.2) is 0 Å². The van der Waals surface area contributed by atoms with Crippen molar-refractivity contribution in [3.63, 3.8) is 0 Å². The lowest BCUT2D eigenvalue weighted by molar-refractivity contribution is 0.219. The summed E-state index contributed by atoms with van der Waals surface area (Å²) < 4.78 is 23.1. The second kappa shape index (κ2) is 31.7. The van der Waals surface area contributed by atoms with Crippen LogP contribution in [0.4, 0.5) is 0 Å². The van der Waals surface area contributed by atoms with Gasteiger partial charge in [0.25, 0.3) is 0 Å². The molecule has 0 heterocycles. The third kappa shape index (κ3) is 29.1. The fourth-order valence-electron chi connectivity index (χ4n) is 5.53. The minimum Gasteiger partial charge on any atom is -0.309 e. The number of unbranched alkanes of at least 4 members (excludes halogenated alkanes) is 27. The van der Waals surface area contributed by atoms with Crippen LogP contribution >= 0.6 is 7.60 Å². The molecule has 38 heavy (non-hydrogen) atoms. The van der Waals surface area contributed by atoms with Crippen molar-refractivity contribution in [2.75, 3.05) is 19.4 Å². The predicted molar refractivity (Wildman–Crippen MR) is 171 cm³/mol. The van der Waals surface area contributed by atoms with Gasteiger partial charge in [0, 0.05) is 0 Å². The van der Waals surface area contributed by atoms with E-state index in [9.17, 15) is 4.57 Å². The average Bonchev–Trinajstić information content (AvgIpc) is 2.90. The minimum atomic E-state index is -2.82. The molecule has 3 nitrogen and oxygen atoms in total. The lowest BCUT2D eigenvalue weighted by atomic mass is 10.0. The molecule has 0 saturated carbocycles. The summed E-state index contributed by atoms with van der Waals surface area (Å²) in [6.07, 6.45) is 40.0. The third-order valence-electron chi connectivity index (χ3n) is 7.94. The van der Waals surface area contributed by atoms with Crippen LogP contribution in [0.2, 0.25) is 0 Å².